The first-order chi connectivity index (χ1) is 15.4. The van der Waals surface area contributed by atoms with Crippen LogP contribution in [0.3, 0.4) is 0 Å². The molecular formula is C24H34N6O2. The van der Waals surface area contributed by atoms with Gasteiger partial charge in [0.15, 0.2) is 5.65 Å². The van der Waals surface area contributed by atoms with E-state index in [1.165, 1.54) is 0 Å². The van der Waals surface area contributed by atoms with Crippen molar-refractivity contribution in [3.05, 3.63) is 28.7 Å². The molecule has 1 atom stereocenters. The summed E-state index contributed by atoms with van der Waals surface area (Å²) in [4.78, 5) is 36.2. The number of carbonyl (C=O) groups is 2. The van der Waals surface area contributed by atoms with Gasteiger partial charge in [-0.1, -0.05) is 0 Å². The number of aryl methyl sites for hydroxylation is 2. The monoisotopic (exact) mass is 438 g/mol. The minimum atomic E-state index is 0.226. The Kier molecular flexibility index (Phi) is 5.65. The minimum absolute atomic E-state index is 0.226. The lowest BCUT2D eigenvalue weighted by Gasteiger charge is -2.32. The van der Waals surface area contributed by atoms with Crippen molar-refractivity contribution in [1.29, 1.82) is 0 Å². The molecule has 2 aliphatic heterocycles. The average molecular weight is 439 g/mol. The van der Waals surface area contributed by atoms with Gasteiger partial charge in [0.2, 0.25) is 11.8 Å². The Morgan fingerprint density at radius 2 is 1.78 bits per heavy atom. The van der Waals surface area contributed by atoms with E-state index in [-0.39, 0.29) is 17.7 Å². The fourth-order valence-corrected chi connectivity index (χ4v) is 5.14. The Morgan fingerprint density at radius 3 is 2.50 bits per heavy atom. The van der Waals surface area contributed by atoms with Crippen LogP contribution in [0.25, 0.3) is 5.65 Å². The van der Waals surface area contributed by atoms with Crippen LogP contribution >= 0.6 is 0 Å². The lowest BCUT2D eigenvalue weighted by molar-refractivity contribution is -0.133. The molecule has 0 spiro atoms. The Bertz CT molecular complexity index is 1030. The van der Waals surface area contributed by atoms with E-state index in [9.17, 15) is 9.59 Å². The molecule has 32 heavy (non-hydrogen) atoms. The topological polar surface area (TPSA) is 74.0 Å². The maximum absolute atomic E-state index is 12.7. The zero-order valence-electron chi connectivity index (χ0n) is 19.5. The van der Waals surface area contributed by atoms with Crippen LogP contribution in [0.4, 0.5) is 0 Å². The lowest BCUT2D eigenvalue weighted by Crippen LogP contribution is -2.47. The standard InChI is InChI=1S/C24H34N6O2/c1-16-20(6-7-23(31)28-12-10-27(3)11-13-28)17(2)30-22(25-16)14-21(26-30)19-8-9-29(15-19)24(32)18-4-5-18/h14,18-19H,4-13,15H2,1-3H3/t19-/m1/s1. The molecule has 2 saturated heterocycles. The normalized spacial score (nSPS) is 22.2. The van der Waals surface area contributed by atoms with Gasteiger partial charge in [-0.3, -0.25) is 9.59 Å². The number of carbonyl (C=O) groups excluding carboxylic acids is 2. The molecule has 0 bridgehead atoms. The largest absolute Gasteiger partial charge is 0.342 e. The van der Waals surface area contributed by atoms with E-state index < -0.39 is 0 Å². The van der Waals surface area contributed by atoms with Gasteiger partial charge in [0.05, 0.1) is 5.69 Å². The molecule has 0 unspecified atom stereocenters. The van der Waals surface area contributed by atoms with Gasteiger partial charge in [0.1, 0.15) is 0 Å². The van der Waals surface area contributed by atoms with Crippen molar-refractivity contribution in [2.75, 3.05) is 46.3 Å². The van der Waals surface area contributed by atoms with Crippen LogP contribution in [-0.4, -0.2) is 87.4 Å². The first-order valence-corrected chi connectivity index (χ1v) is 12.0. The minimum Gasteiger partial charge on any atom is -0.342 e. The van der Waals surface area contributed by atoms with Crippen LogP contribution in [0.2, 0.25) is 0 Å². The van der Waals surface area contributed by atoms with Crippen LogP contribution in [0, 0.1) is 19.8 Å². The summed E-state index contributed by atoms with van der Waals surface area (Å²) in [5.41, 5.74) is 5.04. The number of hydrogen-bond donors (Lipinski definition) is 0. The number of likely N-dealkylation sites (N-methyl/N-ethyl adjacent to an activating group) is 1. The van der Waals surface area contributed by atoms with Gasteiger partial charge in [0, 0.05) is 75.0 Å². The molecule has 3 fully saturated rings. The number of fused-ring (bicyclic) bond motifs is 1. The smallest absolute Gasteiger partial charge is 0.225 e. The maximum atomic E-state index is 12.7. The van der Waals surface area contributed by atoms with Crippen molar-refractivity contribution in [2.24, 2.45) is 5.92 Å². The molecule has 2 aromatic rings. The van der Waals surface area contributed by atoms with Crippen molar-refractivity contribution < 1.29 is 9.59 Å². The van der Waals surface area contributed by atoms with Crippen LogP contribution < -0.4 is 0 Å². The van der Waals surface area contributed by atoms with Crippen LogP contribution in [0.5, 0.6) is 0 Å². The van der Waals surface area contributed by atoms with Crippen molar-refractivity contribution >= 4 is 17.5 Å². The van der Waals surface area contributed by atoms with Crippen molar-refractivity contribution in [3.8, 4) is 0 Å². The molecule has 5 rings (SSSR count). The number of aromatic nitrogens is 3. The highest BCUT2D eigenvalue weighted by molar-refractivity contribution is 5.81. The summed E-state index contributed by atoms with van der Waals surface area (Å²) in [6.07, 6.45) is 4.27. The second-order valence-electron chi connectivity index (χ2n) is 9.83. The summed E-state index contributed by atoms with van der Waals surface area (Å²) >= 11 is 0. The second kappa shape index (κ2) is 8.46. The van der Waals surface area contributed by atoms with Crippen LogP contribution in [0.1, 0.15) is 54.2 Å². The lowest BCUT2D eigenvalue weighted by atomic mass is 10.1. The molecule has 8 heteroatoms. The number of nitrogens with zero attached hydrogens (tertiary/aromatic N) is 6. The molecule has 172 valence electrons. The Hall–Kier alpha value is -2.48. The summed E-state index contributed by atoms with van der Waals surface area (Å²) in [6.45, 7) is 9.22. The maximum Gasteiger partial charge on any atom is 0.225 e. The molecule has 0 N–H and O–H groups in total. The average Bonchev–Trinajstić information content (AvgIpc) is 3.35. The zero-order chi connectivity index (χ0) is 22.4. The third kappa shape index (κ3) is 4.12. The molecule has 1 aliphatic carbocycles. The van der Waals surface area contributed by atoms with E-state index in [1.807, 2.05) is 21.2 Å². The molecule has 2 aromatic heterocycles. The number of rotatable bonds is 5. The highest BCUT2D eigenvalue weighted by Gasteiger charge is 2.37. The molecule has 3 aliphatic rings. The van der Waals surface area contributed by atoms with Gasteiger partial charge in [-0.05, 0) is 52.1 Å². The molecule has 0 radical (unpaired) electrons. The van der Waals surface area contributed by atoms with Gasteiger partial charge in [-0.25, -0.2) is 9.50 Å². The Morgan fingerprint density at radius 1 is 1.03 bits per heavy atom. The second-order valence-corrected chi connectivity index (χ2v) is 9.83. The zero-order valence-corrected chi connectivity index (χ0v) is 19.5. The van der Waals surface area contributed by atoms with E-state index >= 15 is 0 Å². The third-order valence-corrected chi connectivity index (χ3v) is 7.47. The number of likely N-dealkylation sites (tertiary alicyclic amines) is 1. The summed E-state index contributed by atoms with van der Waals surface area (Å²) < 4.78 is 1.93. The van der Waals surface area contributed by atoms with Crippen LogP contribution in [-0.2, 0) is 16.0 Å². The molecule has 4 heterocycles. The number of amides is 2. The fraction of sp³-hybridized carbons (Fsp3) is 0.667. The van der Waals surface area contributed by atoms with Gasteiger partial charge >= 0.3 is 0 Å². The highest BCUT2D eigenvalue weighted by atomic mass is 16.2. The predicted molar refractivity (Wildman–Crippen MR) is 122 cm³/mol. The summed E-state index contributed by atoms with van der Waals surface area (Å²) in [5, 5.41) is 4.89. The molecule has 1 saturated carbocycles. The van der Waals surface area contributed by atoms with Gasteiger partial charge in [-0.15, -0.1) is 0 Å². The first kappa shape index (κ1) is 21.4. The van der Waals surface area contributed by atoms with Crippen LogP contribution in [0.15, 0.2) is 6.07 Å². The summed E-state index contributed by atoms with van der Waals surface area (Å²) in [5.74, 6) is 1.11. The molecule has 2 amide bonds. The predicted octanol–water partition coefficient (Wildman–Crippen LogP) is 1.78. The van der Waals surface area contributed by atoms with E-state index in [0.717, 1.165) is 86.8 Å². The Balaban J connectivity index is 1.29. The van der Waals surface area contributed by atoms with E-state index in [1.54, 1.807) is 0 Å². The van der Waals surface area contributed by atoms with Gasteiger partial charge < -0.3 is 14.7 Å². The molecule has 0 aromatic carbocycles. The van der Waals surface area contributed by atoms with Crippen molar-refractivity contribution in [2.45, 2.75) is 51.9 Å². The van der Waals surface area contributed by atoms with E-state index in [0.29, 0.717) is 18.7 Å². The van der Waals surface area contributed by atoms with Gasteiger partial charge in [0.25, 0.3) is 0 Å². The Labute approximate surface area is 189 Å². The summed E-state index contributed by atoms with van der Waals surface area (Å²) in [6, 6.07) is 2.08. The third-order valence-electron chi connectivity index (χ3n) is 7.47. The summed E-state index contributed by atoms with van der Waals surface area (Å²) in [7, 11) is 2.10. The quantitative estimate of drug-likeness (QED) is 0.712. The van der Waals surface area contributed by atoms with Gasteiger partial charge in [-0.2, -0.15) is 5.10 Å². The first-order valence-electron chi connectivity index (χ1n) is 12.0. The molecule has 8 nitrogen and oxygen atoms in total. The SMILES string of the molecule is Cc1nc2cc([C@@H]3CCN(C(=O)C4CC4)C3)nn2c(C)c1CCC(=O)N1CCN(C)CC1. The highest BCUT2D eigenvalue weighted by Crippen LogP contribution is 2.35. The molecular weight excluding hydrogens is 404 g/mol. The van der Waals surface area contributed by atoms with Crippen molar-refractivity contribution in [3.63, 3.8) is 0 Å². The number of piperazine rings is 1. The van der Waals surface area contributed by atoms with E-state index in [2.05, 4.69) is 24.9 Å². The fourth-order valence-electron chi connectivity index (χ4n) is 5.14. The van der Waals surface area contributed by atoms with E-state index in [4.69, 9.17) is 10.1 Å². The van der Waals surface area contributed by atoms with Crippen molar-refractivity contribution in [1.82, 2.24) is 29.3 Å². The number of hydrogen-bond acceptors (Lipinski definition) is 5.